The van der Waals surface area contributed by atoms with Crippen molar-refractivity contribution in [3.05, 3.63) is 94.6 Å². The molecule has 1 N–H and O–H groups in total. The Hall–Kier alpha value is -4.30. The number of nitrogens with zero attached hydrogens (tertiary/aromatic N) is 2. The van der Waals surface area contributed by atoms with E-state index in [9.17, 15) is 14.7 Å². The van der Waals surface area contributed by atoms with Gasteiger partial charge in [-0.3, -0.25) is 9.59 Å². The fourth-order valence-electron chi connectivity index (χ4n) is 4.94. The number of aliphatic hydroxyl groups is 1. The third kappa shape index (κ3) is 7.56. The molecular formula is C35H42N2O6. The van der Waals surface area contributed by atoms with Crippen LogP contribution in [0.1, 0.15) is 48.6 Å². The molecule has 0 bridgehead atoms. The maximum atomic E-state index is 13.4. The van der Waals surface area contributed by atoms with Gasteiger partial charge in [-0.15, -0.1) is 0 Å². The maximum absolute atomic E-state index is 13.4. The maximum Gasteiger partial charge on any atom is 0.295 e. The van der Waals surface area contributed by atoms with E-state index >= 15 is 0 Å². The first kappa shape index (κ1) is 31.6. The minimum atomic E-state index is -0.796. The smallest absolute Gasteiger partial charge is 0.295 e. The van der Waals surface area contributed by atoms with Crippen LogP contribution < -0.4 is 14.2 Å². The number of aryl methyl sites for hydroxylation is 1. The predicted octanol–water partition coefficient (Wildman–Crippen LogP) is 5.99. The summed E-state index contributed by atoms with van der Waals surface area (Å²) in [5.41, 5.74) is 3.32. The average Bonchev–Trinajstić information content (AvgIpc) is 3.24. The number of amides is 1. The van der Waals surface area contributed by atoms with Crippen molar-refractivity contribution in [3.8, 4) is 17.2 Å². The number of carbonyl (C=O) groups excluding carboxylic acids is 2. The molecule has 1 fully saturated rings. The number of likely N-dealkylation sites (N-methyl/N-ethyl adjacent to an activating group) is 1. The van der Waals surface area contributed by atoms with Crippen molar-refractivity contribution >= 4 is 17.4 Å². The van der Waals surface area contributed by atoms with E-state index in [1.165, 1.54) is 4.90 Å². The van der Waals surface area contributed by atoms with Crippen LogP contribution in [0.4, 0.5) is 0 Å². The molecule has 3 aromatic carbocycles. The van der Waals surface area contributed by atoms with E-state index in [1.54, 1.807) is 43.5 Å². The SMILES string of the molecule is COc1cc(C2C(=C(O)c3ccc(OCc4ccccc4C)cc3)C(=O)C(=O)N2CCN(C)C)ccc1OCCC(C)C. The number of methoxy groups -OCH3 is 1. The highest BCUT2D eigenvalue weighted by atomic mass is 16.5. The van der Waals surface area contributed by atoms with Crippen molar-refractivity contribution < 1.29 is 28.9 Å². The Labute approximate surface area is 254 Å². The highest BCUT2D eigenvalue weighted by Crippen LogP contribution is 2.42. The van der Waals surface area contributed by atoms with Gasteiger partial charge in [-0.1, -0.05) is 44.2 Å². The summed E-state index contributed by atoms with van der Waals surface area (Å²) in [6.07, 6.45) is 0.894. The zero-order valence-electron chi connectivity index (χ0n) is 25.9. The second kappa shape index (κ2) is 14.2. The monoisotopic (exact) mass is 586 g/mol. The van der Waals surface area contributed by atoms with Crippen LogP contribution in [0.3, 0.4) is 0 Å². The minimum Gasteiger partial charge on any atom is -0.507 e. The number of hydrogen-bond donors (Lipinski definition) is 1. The molecule has 0 aliphatic carbocycles. The van der Waals surface area contributed by atoms with E-state index in [4.69, 9.17) is 14.2 Å². The molecular weight excluding hydrogens is 544 g/mol. The standard InChI is InChI=1S/C35H42N2O6/c1-23(2)17-20-42-29-16-13-26(21-30(29)41-6)32-31(34(39)35(40)37(32)19-18-36(4)5)33(38)25-11-14-28(15-12-25)43-22-27-10-8-7-9-24(27)3/h7-16,21,23,32,38H,17-20,22H2,1-6H3. The average molecular weight is 587 g/mol. The number of ether oxygens (including phenoxy) is 3. The number of Topliss-reactive ketones (excluding diaryl/α,β-unsaturated/α-hetero) is 1. The summed E-state index contributed by atoms with van der Waals surface area (Å²) in [4.78, 5) is 30.2. The van der Waals surface area contributed by atoms with Crippen LogP contribution in [-0.2, 0) is 16.2 Å². The highest BCUT2D eigenvalue weighted by Gasteiger charge is 2.46. The van der Waals surface area contributed by atoms with Crippen LogP contribution in [0.2, 0.25) is 0 Å². The second-order valence-corrected chi connectivity index (χ2v) is 11.5. The Bertz CT molecular complexity index is 1460. The number of ketones is 1. The van der Waals surface area contributed by atoms with E-state index in [0.29, 0.717) is 60.6 Å². The van der Waals surface area contributed by atoms with E-state index in [2.05, 4.69) is 13.8 Å². The number of benzene rings is 3. The van der Waals surface area contributed by atoms with Gasteiger partial charge in [-0.25, -0.2) is 0 Å². The van der Waals surface area contributed by atoms with Crippen molar-refractivity contribution in [2.24, 2.45) is 5.92 Å². The van der Waals surface area contributed by atoms with Gasteiger partial charge in [0.15, 0.2) is 11.5 Å². The number of rotatable bonds is 13. The summed E-state index contributed by atoms with van der Waals surface area (Å²) in [7, 11) is 5.36. The lowest BCUT2D eigenvalue weighted by Crippen LogP contribution is -2.35. The van der Waals surface area contributed by atoms with Crippen LogP contribution in [0.25, 0.3) is 5.76 Å². The molecule has 8 nitrogen and oxygen atoms in total. The third-order valence-electron chi connectivity index (χ3n) is 7.57. The van der Waals surface area contributed by atoms with Crippen LogP contribution in [-0.4, -0.2) is 67.5 Å². The molecule has 3 aromatic rings. The van der Waals surface area contributed by atoms with E-state index in [-0.39, 0.29) is 11.3 Å². The first-order chi connectivity index (χ1) is 20.6. The van der Waals surface area contributed by atoms with Crippen LogP contribution >= 0.6 is 0 Å². The minimum absolute atomic E-state index is 0.0351. The molecule has 1 aliphatic rings. The summed E-state index contributed by atoms with van der Waals surface area (Å²) < 4.78 is 17.5. The second-order valence-electron chi connectivity index (χ2n) is 11.5. The summed E-state index contributed by atoms with van der Waals surface area (Å²) in [6.45, 7) is 8.10. The van der Waals surface area contributed by atoms with E-state index in [1.807, 2.05) is 56.3 Å². The third-order valence-corrected chi connectivity index (χ3v) is 7.57. The zero-order chi connectivity index (χ0) is 31.1. The van der Waals surface area contributed by atoms with Gasteiger partial charge < -0.3 is 29.1 Å². The molecule has 228 valence electrons. The molecule has 1 amide bonds. The molecule has 0 aromatic heterocycles. The topological polar surface area (TPSA) is 88.5 Å². The lowest BCUT2D eigenvalue weighted by atomic mass is 9.95. The first-order valence-corrected chi connectivity index (χ1v) is 14.6. The Kier molecular flexibility index (Phi) is 10.5. The van der Waals surface area contributed by atoms with Gasteiger partial charge in [0.05, 0.1) is 25.3 Å². The molecule has 1 heterocycles. The predicted molar refractivity (Wildman–Crippen MR) is 167 cm³/mol. The number of aliphatic hydroxyl groups excluding tert-OH is 1. The zero-order valence-corrected chi connectivity index (χ0v) is 25.9. The molecule has 0 radical (unpaired) electrons. The van der Waals surface area contributed by atoms with Gasteiger partial charge in [-0.05, 0) is 86.4 Å². The molecule has 8 heteroatoms. The summed E-state index contributed by atoms with van der Waals surface area (Å²) in [5.74, 6) is 0.585. The van der Waals surface area contributed by atoms with Crippen molar-refractivity contribution in [2.45, 2.75) is 39.8 Å². The van der Waals surface area contributed by atoms with Gasteiger partial charge in [0.2, 0.25) is 0 Å². The Morgan fingerprint density at radius 2 is 1.70 bits per heavy atom. The van der Waals surface area contributed by atoms with Crippen molar-refractivity contribution in [3.63, 3.8) is 0 Å². The highest BCUT2D eigenvalue weighted by molar-refractivity contribution is 6.46. The first-order valence-electron chi connectivity index (χ1n) is 14.6. The van der Waals surface area contributed by atoms with Crippen molar-refractivity contribution in [1.82, 2.24) is 9.80 Å². The van der Waals surface area contributed by atoms with Gasteiger partial charge in [-0.2, -0.15) is 0 Å². The molecule has 4 rings (SSSR count). The van der Waals surface area contributed by atoms with Crippen molar-refractivity contribution in [2.75, 3.05) is 40.9 Å². The van der Waals surface area contributed by atoms with Crippen LogP contribution in [0.15, 0.2) is 72.3 Å². The van der Waals surface area contributed by atoms with Gasteiger partial charge in [0.1, 0.15) is 18.1 Å². The lowest BCUT2D eigenvalue weighted by Gasteiger charge is -2.27. The molecule has 1 atom stereocenters. The Morgan fingerprint density at radius 1 is 0.977 bits per heavy atom. The largest absolute Gasteiger partial charge is 0.507 e. The molecule has 0 spiro atoms. The molecule has 1 saturated heterocycles. The normalized spacial score (nSPS) is 16.3. The van der Waals surface area contributed by atoms with Crippen molar-refractivity contribution in [1.29, 1.82) is 0 Å². The molecule has 0 saturated carbocycles. The van der Waals surface area contributed by atoms with E-state index in [0.717, 1.165) is 17.5 Å². The quantitative estimate of drug-likeness (QED) is 0.150. The van der Waals surface area contributed by atoms with E-state index < -0.39 is 17.7 Å². The Balaban J connectivity index is 1.67. The lowest BCUT2D eigenvalue weighted by molar-refractivity contribution is -0.140. The fourth-order valence-corrected chi connectivity index (χ4v) is 4.94. The number of carbonyl (C=O) groups is 2. The molecule has 43 heavy (non-hydrogen) atoms. The summed E-state index contributed by atoms with van der Waals surface area (Å²) >= 11 is 0. The number of hydrogen-bond acceptors (Lipinski definition) is 7. The number of likely N-dealkylation sites (tertiary alicyclic amines) is 1. The van der Waals surface area contributed by atoms with Gasteiger partial charge in [0, 0.05) is 18.7 Å². The van der Waals surface area contributed by atoms with Crippen LogP contribution in [0.5, 0.6) is 17.2 Å². The van der Waals surface area contributed by atoms with Gasteiger partial charge in [0.25, 0.3) is 11.7 Å². The summed E-state index contributed by atoms with van der Waals surface area (Å²) in [6, 6.07) is 19.5. The fraction of sp³-hybridized carbons (Fsp3) is 0.371. The Morgan fingerprint density at radius 3 is 2.35 bits per heavy atom. The summed E-state index contributed by atoms with van der Waals surface area (Å²) in [5, 5.41) is 11.5. The molecule has 1 unspecified atom stereocenters. The van der Waals surface area contributed by atoms with Crippen LogP contribution in [0, 0.1) is 12.8 Å². The molecule has 1 aliphatic heterocycles. The van der Waals surface area contributed by atoms with Gasteiger partial charge >= 0.3 is 0 Å².